The van der Waals surface area contributed by atoms with Crippen molar-refractivity contribution in [2.75, 3.05) is 30.1 Å². The summed E-state index contributed by atoms with van der Waals surface area (Å²) >= 11 is 3.28. The van der Waals surface area contributed by atoms with Gasteiger partial charge in [-0.1, -0.05) is 18.2 Å². The number of thioether (sulfide) groups is 2. The highest BCUT2D eigenvalue weighted by atomic mass is 32.2. The molecule has 0 aliphatic carbocycles. The van der Waals surface area contributed by atoms with Crippen LogP contribution in [0.5, 0.6) is 0 Å². The molecule has 0 aromatic heterocycles. The first-order valence-electron chi connectivity index (χ1n) is 6.77. The van der Waals surface area contributed by atoms with E-state index in [9.17, 15) is 13.2 Å². The zero-order chi connectivity index (χ0) is 15.0. The number of carbonyl (C=O) groups is 1. The molecule has 0 spiro atoms. The number of rotatable bonds is 2. The molecule has 2 atom stereocenters. The maximum atomic E-state index is 12.9. The van der Waals surface area contributed by atoms with Gasteiger partial charge in [0.05, 0.1) is 5.92 Å². The minimum Gasteiger partial charge on any atom is -0.323 e. The van der Waals surface area contributed by atoms with Gasteiger partial charge in [-0.05, 0) is 11.6 Å². The van der Waals surface area contributed by atoms with Crippen molar-refractivity contribution in [1.82, 2.24) is 4.90 Å². The Bertz CT molecular complexity index is 659. The molecule has 2 aliphatic heterocycles. The molecule has 7 heteroatoms. The molecule has 1 fully saturated rings. The van der Waals surface area contributed by atoms with Crippen molar-refractivity contribution in [1.29, 1.82) is 0 Å². The Balaban J connectivity index is 1.88. The van der Waals surface area contributed by atoms with Crippen LogP contribution in [0.4, 0.5) is 0 Å². The molecular weight excluding hydrogens is 326 g/mol. The topological polar surface area (TPSA) is 54.5 Å². The summed E-state index contributed by atoms with van der Waals surface area (Å²) in [5.41, 5.74) is 1.04. The highest BCUT2D eigenvalue weighted by molar-refractivity contribution is 8.01. The predicted octanol–water partition coefficient (Wildman–Crippen LogP) is 1.82. The number of hydrogen-bond acceptors (Lipinski definition) is 5. The fourth-order valence-electron chi connectivity index (χ4n) is 2.76. The first kappa shape index (κ1) is 15.2. The molecule has 0 radical (unpaired) electrons. The first-order valence-corrected chi connectivity index (χ1v) is 10.9. The van der Waals surface area contributed by atoms with Crippen LogP contribution in [-0.4, -0.2) is 54.7 Å². The minimum atomic E-state index is -3.25. The Morgan fingerprint density at radius 3 is 2.81 bits per heavy atom. The maximum Gasteiger partial charge on any atom is 0.232 e. The summed E-state index contributed by atoms with van der Waals surface area (Å²) in [6.07, 6.45) is 1.22. The highest BCUT2D eigenvalue weighted by Crippen LogP contribution is 2.41. The first-order chi connectivity index (χ1) is 9.98. The van der Waals surface area contributed by atoms with Gasteiger partial charge in [0.25, 0.3) is 0 Å². The van der Waals surface area contributed by atoms with E-state index in [-0.39, 0.29) is 11.8 Å². The monoisotopic (exact) mass is 343 g/mol. The van der Waals surface area contributed by atoms with Crippen LogP contribution in [-0.2, 0) is 14.6 Å². The normalized spacial score (nSPS) is 25.7. The van der Waals surface area contributed by atoms with E-state index < -0.39 is 15.2 Å². The summed E-state index contributed by atoms with van der Waals surface area (Å²) in [6, 6.07) is 7.90. The van der Waals surface area contributed by atoms with Gasteiger partial charge in [0.2, 0.25) is 5.91 Å². The predicted molar refractivity (Wildman–Crippen MR) is 87.6 cm³/mol. The van der Waals surface area contributed by atoms with Gasteiger partial charge in [-0.3, -0.25) is 4.79 Å². The molecule has 0 bridgehead atoms. The number of nitrogens with zero attached hydrogens (tertiary/aromatic N) is 1. The number of hydrogen-bond donors (Lipinski definition) is 0. The average molecular weight is 343 g/mol. The van der Waals surface area contributed by atoms with Crippen molar-refractivity contribution in [3.05, 3.63) is 29.8 Å². The molecule has 1 amide bonds. The number of sulfone groups is 1. The van der Waals surface area contributed by atoms with E-state index in [4.69, 9.17) is 0 Å². The van der Waals surface area contributed by atoms with Crippen LogP contribution in [0.1, 0.15) is 11.5 Å². The quantitative estimate of drug-likeness (QED) is 0.820. The Morgan fingerprint density at radius 2 is 2.05 bits per heavy atom. The summed E-state index contributed by atoms with van der Waals surface area (Å²) in [5, 5.41) is -0.679. The zero-order valence-electron chi connectivity index (χ0n) is 11.7. The second-order valence-electron chi connectivity index (χ2n) is 5.29. The molecule has 1 aromatic rings. The Labute approximate surface area is 133 Å². The number of benzene rings is 1. The van der Waals surface area contributed by atoms with Crippen molar-refractivity contribution < 1.29 is 13.2 Å². The fourth-order valence-corrected chi connectivity index (χ4v) is 6.80. The molecule has 21 heavy (non-hydrogen) atoms. The van der Waals surface area contributed by atoms with Gasteiger partial charge < -0.3 is 4.90 Å². The van der Waals surface area contributed by atoms with Gasteiger partial charge >= 0.3 is 0 Å². The maximum absolute atomic E-state index is 12.9. The van der Waals surface area contributed by atoms with Crippen LogP contribution in [0.15, 0.2) is 29.2 Å². The molecule has 0 unspecified atom stereocenters. The number of fused-ring (bicyclic) bond motifs is 1. The lowest BCUT2D eigenvalue weighted by Crippen LogP contribution is -2.51. The SMILES string of the molecule is CS(=O)(=O)[C@H]1CSCCN1C(=O)[C@@H]1CSc2ccccc21. The molecule has 114 valence electrons. The third-order valence-corrected chi connectivity index (χ3v) is 7.69. The summed E-state index contributed by atoms with van der Waals surface area (Å²) in [4.78, 5) is 15.6. The Morgan fingerprint density at radius 1 is 1.29 bits per heavy atom. The van der Waals surface area contributed by atoms with Crippen LogP contribution in [0, 0.1) is 0 Å². The second kappa shape index (κ2) is 5.85. The van der Waals surface area contributed by atoms with E-state index in [1.807, 2.05) is 24.3 Å². The van der Waals surface area contributed by atoms with E-state index in [1.165, 1.54) is 6.26 Å². The van der Waals surface area contributed by atoms with E-state index in [2.05, 4.69) is 0 Å². The molecule has 1 saturated heterocycles. The standard InChI is InChI=1S/C14H17NO3S3/c1-21(17,18)13-9-19-7-6-15(13)14(16)11-8-20-12-5-3-2-4-10(11)12/h2-5,11,13H,6-9H2,1H3/t11-,13+/m1/s1. The van der Waals surface area contributed by atoms with Gasteiger partial charge in [0.15, 0.2) is 9.84 Å². The van der Waals surface area contributed by atoms with Crippen molar-refractivity contribution in [3.8, 4) is 0 Å². The Kier molecular flexibility index (Phi) is 4.25. The molecule has 1 aromatic carbocycles. The Hall–Kier alpha value is -0.660. The fraction of sp³-hybridized carbons (Fsp3) is 0.500. The van der Waals surface area contributed by atoms with Crippen molar-refractivity contribution in [2.45, 2.75) is 16.2 Å². The summed E-state index contributed by atoms with van der Waals surface area (Å²) in [5.74, 6) is 1.74. The largest absolute Gasteiger partial charge is 0.323 e. The van der Waals surface area contributed by atoms with E-state index in [0.29, 0.717) is 18.1 Å². The van der Waals surface area contributed by atoms with Gasteiger partial charge in [0, 0.05) is 35.0 Å². The van der Waals surface area contributed by atoms with E-state index >= 15 is 0 Å². The number of carbonyl (C=O) groups excluding carboxylic acids is 1. The molecule has 0 N–H and O–H groups in total. The molecule has 0 saturated carbocycles. The average Bonchev–Trinajstić information content (AvgIpc) is 2.89. The summed E-state index contributed by atoms with van der Waals surface area (Å²) < 4.78 is 23.9. The van der Waals surface area contributed by atoms with Gasteiger partial charge in [-0.25, -0.2) is 8.42 Å². The van der Waals surface area contributed by atoms with E-state index in [0.717, 1.165) is 16.2 Å². The van der Waals surface area contributed by atoms with Gasteiger partial charge in [-0.15, -0.1) is 11.8 Å². The van der Waals surface area contributed by atoms with Crippen LogP contribution in [0.25, 0.3) is 0 Å². The van der Waals surface area contributed by atoms with Gasteiger partial charge in [-0.2, -0.15) is 11.8 Å². The highest BCUT2D eigenvalue weighted by Gasteiger charge is 2.39. The zero-order valence-corrected chi connectivity index (χ0v) is 14.1. The van der Waals surface area contributed by atoms with Crippen LogP contribution >= 0.6 is 23.5 Å². The lowest BCUT2D eigenvalue weighted by atomic mass is 10.00. The molecular formula is C14H17NO3S3. The van der Waals surface area contributed by atoms with Crippen LogP contribution in [0.2, 0.25) is 0 Å². The van der Waals surface area contributed by atoms with Crippen molar-refractivity contribution in [2.24, 2.45) is 0 Å². The summed E-state index contributed by atoms with van der Waals surface area (Å²) in [6.45, 7) is 0.518. The summed E-state index contributed by atoms with van der Waals surface area (Å²) in [7, 11) is -3.25. The molecule has 2 aliphatic rings. The van der Waals surface area contributed by atoms with Crippen molar-refractivity contribution in [3.63, 3.8) is 0 Å². The van der Waals surface area contributed by atoms with Crippen molar-refractivity contribution >= 4 is 39.3 Å². The third kappa shape index (κ3) is 2.96. The molecule has 3 rings (SSSR count). The van der Waals surface area contributed by atoms with Crippen LogP contribution < -0.4 is 0 Å². The third-order valence-electron chi connectivity index (χ3n) is 3.86. The van der Waals surface area contributed by atoms with E-state index in [1.54, 1.807) is 28.4 Å². The minimum absolute atomic E-state index is 0.0387. The molecule has 2 heterocycles. The lowest BCUT2D eigenvalue weighted by molar-refractivity contribution is -0.132. The number of amides is 1. The lowest BCUT2D eigenvalue weighted by Gasteiger charge is -2.35. The second-order valence-corrected chi connectivity index (χ2v) is 9.71. The van der Waals surface area contributed by atoms with Gasteiger partial charge in [0.1, 0.15) is 5.37 Å². The molecule has 4 nitrogen and oxygen atoms in total. The smallest absolute Gasteiger partial charge is 0.232 e. The van der Waals surface area contributed by atoms with Crippen LogP contribution in [0.3, 0.4) is 0 Å².